The zero-order valence-corrected chi connectivity index (χ0v) is 16.1. The van der Waals surface area contributed by atoms with Crippen LogP contribution in [0.25, 0.3) is 0 Å². The van der Waals surface area contributed by atoms with Crippen molar-refractivity contribution in [2.24, 2.45) is 11.8 Å². The van der Waals surface area contributed by atoms with Crippen molar-refractivity contribution in [3.8, 4) is 0 Å². The van der Waals surface area contributed by atoms with Gasteiger partial charge in [0, 0.05) is 30.0 Å². The van der Waals surface area contributed by atoms with E-state index in [-0.39, 0.29) is 16.5 Å². The van der Waals surface area contributed by atoms with Crippen molar-refractivity contribution in [2.45, 2.75) is 51.5 Å². The zero-order valence-electron chi connectivity index (χ0n) is 15.3. The van der Waals surface area contributed by atoms with E-state index in [0.29, 0.717) is 11.8 Å². The van der Waals surface area contributed by atoms with Crippen LogP contribution in [-0.4, -0.2) is 31.5 Å². The molecule has 8 heteroatoms. The molecule has 0 unspecified atom stereocenters. The topological polar surface area (TPSA) is 106 Å². The fourth-order valence-electron chi connectivity index (χ4n) is 2.65. The number of carbonyl (C=O) groups excluding carboxylic acids is 1. The van der Waals surface area contributed by atoms with Crippen molar-refractivity contribution in [3.63, 3.8) is 0 Å². The highest BCUT2D eigenvalue weighted by Crippen LogP contribution is 2.22. The summed E-state index contributed by atoms with van der Waals surface area (Å²) < 4.78 is 23.5. The lowest BCUT2D eigenvalue weighted by molar-refractivity contribution is -0.385. The molecule has 0 aliphatic rings. The SMILES string of the molecule is CC(C)CC(CC(C)C)NC(=O)c1cc([N+](=O)[O-])cc(S(C)(=O)=O)c1. The summed E-state index contributed by atoms with van der Waals surface area (Å²) in [6.45, 7) is 8.20. The minimum absolute atomic E-state index is 0.0212. The lowest BCUT2D eigenvalue weighted by Crippen LogP contribution is -2.37. The minimum atomic E-state index is -3.67. The summed E-state index contributed by atoms with van der Waals surface area (Å²) in [7, 11) is -3.67. The van der Waals surface area contributed by atoms with Crippen LogP contribution < -0.4 is 5.32 Å². The molecular weight excluding hydrogens is 344 g/mol. The smallest absolute Gasteiger partial charge is 0.271 e. The lowest BCUT2D eigenvalue weighted by Gasteiger charge is -2.22. The van der Waals surface area contributed by atoms with Gasteiger partial charge in [0.25, 0.3) is 11.6 Å². The first-order chi connectivity index (χ1) is 11.4. The number of hydrogen-bond donors (Lipinski definition) is 1. The highest BCUT2D eigenvalue weighted by Gasteiger charge is 2.21. The van der Waals surface area contributed by atoms with E-state index in [9.17, 15) is 23.3 Å². The molecule has 1 aromatic rings. The van der Waals surface area contributed by atoms with E-state index in [1.165, 1.54) is 6.07 Å². The molecule has 1 N–H and O–H groups in total. The monoisotopic (exact) mass is 370 g/mol. The Morgan fingerprint density at radius 2 is 1.64 bits per heavy atom. The number of nitrogens with one attached hydrogen (secondary N) is 1. The Hall–Kier alpha value is -1.96. The normalized spacial score (nSPS) is 12.0. The average molecular weight is 370 g/mol. The molecule has 0 radical (unpaired) electrons. The first-order valence-corrected chi connectivity index (χ1v) is 10.1. The van der Waals surface area contributed by atoms with Crippen molar-refractivity contribution in [3.05, 3.63) is 33.9 Å². The quantitative estimate of drug-likeness (QED) is 0.559. The summed E-state index contributed by atoms with van der Waals surface area (Å²) in [4.78, 5) is 22.6. The van der Waals surface area contributed by atoms with Crippen molar-refractivity contribution in [1.82, 2.24) is 5.32 Å². The van der Waals surface area contributed by atoms with Gasteiger partial charge in [0.05, 0.1) is 9.82 Å². The second kappa shape index (κ2) is 8.42. The van der Waals surface area contributed by atoms with Crippen LogP contribution in [0.2, 0.25) is 0 Å². The van der Waals surface area contributed by atoms with E-state index in [2.05, 4.69) is 33.0 Å². The molecule has 0 fully saturated rings. The van der Waals surface area contributed by atoms with Crippen LogP contribution >= 0.6 is 0 Å². The van der Waals surface area contributed by atoms with Gasteiger partial charge < -0.3 is 5.32 Å². The Labute approximate surface area is 148 Å². The van der Waals surface area contributed by atoms with Gasteiger partial charge in [0.1, 0.15) is 0 Å². The highest BCUT2D eigenvalue weighted by atomic mass is 32.2. The molecule has 1 amide bonds. The summed E-state index contributed by atoms with van der Waals surface area (Å²) in [5.74, 6) is 0.251. The van der Waals surface area contributed by atoms with Crippen LogP contribution in [0.15, 0.2) is 23.1 Å². The summed E-state index contributed by atoms with van der Waals surface area (Å²) in [5, 5.41) is 13.9. The van der Waals surface area contributed by atoms with Gasteiger partial charge in [-0.15, -0.1) is 0 Å². The Balaban J connectivity index is 3.18. The van der Waals surface area contributed by atoms with Gasteiger partial charge >= 0.3 is 0 Å². The molecule has 7 nitrogen and oxygen atoms in total. The molecule has 0 saturated carbocycles. The fraction of sp³-hybridized carbons (Fsp3) is 0.588. The van der Waals surface area contributed by atoms with Gasteiger partial charge in [0.2, 0.25) is 0 Å². The molecule has 1 rings (SSSR count). The number of rotatable bonds is 8. The summed E-state index contributed by atoms with van der Waals surface area (Å²) in [6, 6.07) is 3.17. The van der Waals surface area contributed by atoms with E-state index >= 15 is 0 Å². The maximum absolute atomic E-state index is 12.5. The van der Waals surface area contributed by atoms with E-state index in [1.807, 2.05) is 0 Å². The van der Waals surface area contributed by atoms with Gasteiger partial charge in [0.15, 0.2) is 9.84 Å². The Bertz CT molecular complexity index is 731. The lowest BCUT2D eigenvalue weighted by atomic mass is 9.95. The Kier molecular flexibility index (Phi) is 7.10. The largest absolute Gasteiger partial charge is 0.349 e. The van der Waals surface area contributed by atoms with Crippen molar-refractivity contribution >= 4 is 21.4 Å². The van der Waals surface area contributed by atoms with Gasteiger partial charge in [-0.05, 0) is 30.7 Å². The first-order valence-electron chi connectivity index (χ1n) is 8.20. The molecule has 0 spiro atoms. The minimum Gasteiger partial charge on any atom is -0.349 e. The van der Waals surface area contributed by atoms with Crippen molar-refractivity contribution in [1.29, 1.82) is 0 Å². The number of benzene rings is 1. The highest BCUT2D eigenvalue weighted by molar-refractivity contribution is 7.90. The third kappa shape index (κ3) is 6.81. The molecule has 1 aromatic carbocycles. The predicted molar refractivity (Wildman–Crippen MR) is 96.4 cm³/mol. The molecule has 0 aromatic heterocycles. The molecule has 0 aliphatic carbocycles. The molecule has 0 aliphatic heterocycles. The van der Waals surface area contributed by atoms with Crippen LogP contribution in [0.4, 0.5) is 5.69 Å². The summed E-state index contributed by atoms with van der Waals surface area (Å²) >= 11 is 0. The molecule has 0 saturated heterocycles. The van der Waals surface area contributed by atoms with E-state index < -0.39 is 26.4 Å². The van der Waals surface area contributed by atoms with Gasteiger partial charge in [-0.1, -0.05) is 27.7 Å². The van der Waals surface area contributed by atoms with Crippen LogP contribution in [0, 0.1) is 22.0 Å². The van der Waals surface area contributed by atoms with E-state index in [1.54, 1.807) is 0 Å². The van der Waals surface area contributed by atoms with Crippen molar-refractivity contribution in [2.75, 3.05) is 6.26 Å². The molecule has 0 heterocycles. The third-order valence-corrected chi connectivity index (χ3v) is 4.73. The van der Waals surface area contributed by atoms with Gasteiger partial charge in [-0.3, -0.25) is 14.9 Å². The number of nitro benzene ring substituents is 1. The molecule has 0 atom stereocenters. The Morgan fingerprint density at radius 1 is 1.12 bits per heavy atom. The average Bonchev–Trinajstić information content (AvgIpc) is 2.44. The van der Waals surface area contributed by atoms with Gasteiger partial charge in [-0.25, -0.2) is 8.42 Å². The second-order valence-corrected chi connectivity index (χ2v) is 9.19. The number of sulfone groups is 1. The second-order valence-electron chi connectivity index (χ2n) is 7.17. The number of carbonyl (C=O) groups is 1. The zero-order chi connectivity index (χ0) is 19.4. The van der Waals surface area contributed by atoms with Crippen LogP contribution in [0.3, 0.4) is 0 Å². The molecule has 0 bridgehead atoms. The number of nitro groups is 1. The summed E-state index contributed by atoms with van der Waals surface area (Å²) in [6.07, 6.45) is 2.50. The maximum Gasteiger partial charge on any atom is 0.271 e. The van der Waals surface area contributed by atoms with Crippen LogP contribution in [-0.2, 0) is 9.84 Å². The number of nitrogens with zero attached hydrogens (tertiary/aromatic N) is 1. The van der Waals surface area contributed by atoms with Gasteiger partial charge in [-0.2, -0.15) is 0 Å². The number of hydrogen-bond acceptors (Lipinski definition) is 5. The predicted octanol–water partition coefficient (Wildman–Crippen LogP) is 3.19. The van der Waals surface area contributed by atoms with E-state index in [4.69, 9.17) is 0 Å². The van der Waals surface area contributed by atoms with E-state index in [0.717, 1.165) is 31.2 Å². The van der Waals surface area contributed by atoms with Crippen molar-refractivity contribution < 1.29 is 18.1 Å². The summed E-state index contributed by atoms with van der Waals surface area (Å²) in [5.41, 5.74) is -0.440. The third-order valence-electron chi connectivity index (χ3n) is 3.64. The number of non-ortho nitro benzene ring substituents is 1. The molecule has 140 valence electrons. The Morgan fingerprint density at radius 3 is 2.04 bits per heavy atom. The van der Waals surface area contributed by atoms with Crippen LogP contribution in [0.1, 0.15) is 50.9 Å². The van der Waals surface area contributed by atoms with Crippen LogP contribution in [0.5, 0.6) is 0 Å². The number of amides is 1. The fourth-order valence-corrected chi connectivity index (χ4v) is 3.33. The standard InChI is InChI=1S/C17H26N2O5S/c1-11(2)6-14(7-12(3)4)18-17(20)13-8-15(19(21)22)10-16(9-13)25(5,23)24/h8-12,14H,6-7H2,1-5H3,(H,18,20). The molecular formula is C17H26N2O5S. The maximum atomic E-state index is 12.5. The first kappa shape index (κ1) is 21.1. The molecule has 25 heavy (non-hydrogen) atoms.